The highest BCUT2D eigenvalue weighted by Gasteiger charge is 2.06. The van der Waals surface area contributed by atoms with E-state index in [0.29, 0.717) is 21.9 Å². The quantitative estimate of drug-likeness (QED) is 0.714. The van der Waals surface area contributed by atoms with E-state index < -0.39 is 0 Å². The first-order valence-electron chi connectivity index (χ1n) is 5.68. The smallest absolute Gasteiger partial charge is 0.216 e. The standard InChI is InChI=1S/C11H10ClN7S/c12-7-1-3-9(4-2-7)19-5-8(15-18-19)6-20-11-14-10(13)16-17-11/h1-5H,6H2,(H3,13,14,16,17). The number of anilines is 1. The number of benzene rings is 1. The molecular formula is C11H10ClN7S. The summed E-state index contributed by atoms with van der Waals surface area (Å²) in [7, 11) is 0. The first kappa shape index (κ1) is 12.9. The molecule has 0 saturated heterocycles. The summed E-state index contributed by atoms with van der Waals surface area (Å²) in [6.45, 7) is 0. The number of nitrogens with one attached hydrogen (secondary N) is 1. The SMILES string of the molecule is Nc1nc(SCc2cn(-c3ccc(Cl)cc3)nn2)n[nH]1. The monoisotopic (exact) mass is 307 g/mol. The maximum absolute atomic E-state index is 5.85. The Morgan fingerprint density at radius 1 is 1.30 bits per heavy atom. The predicted octanol–water partition coefficient (Wildman–Crippen LogP) is 1.91. The minimum absolute atomic E-state index is 0.303. The van der Waals surface area contributed by atoms with E-state index in [2.05, 4.69) is 25.5 Å². The molecule has 1 aromatic carbocycles. The van der Waals surface area contributed by atoms with Crippen LogP contribution in [0.4, 0.5) is 5.95 Å². The van der Waals surface area contributed by atoms with Crippen LogP contribution in [0.1, 0.15) is 5.69 Å². The van der Waals surface area contributed by atoms with Crippen molar-refractivity contribution in [2.75, 3.05) is 5.73 Å². The van der Waals surface area contributed by atoms with Gasteiger partial charge in [0.15, 0.2) is 0 Å². The van der Waals surface area contributed by atoms with Gasteiger partial charge in [0.1, 0.15) is 0 Å². The van der Waals surface area contributed by atoms with Gasteiger partial charge in [-0.2, -0.15) is 4.98 Å². The fourth-order valence-corrected chi connectivity index (χ4v) is 2.35. The van der Waals surface area contributed by atoms with Crippen LogP contribution in [0.2, 0.25) is 5.02 Å². The lowest BCUT2D eigenvalue weighted by molar-refractivity contribution is 0.800. The molecule has 0 aliphatic heterocycles. The van der Waals surface area contributed by atoms with Crippen LogP contribution in [-0.2, 0) is 5.75 Å². The molecule has 20 heavy (non-hydrogen) atoms. The summed E-state index contributed by atoms with van der Waals surface area (Å²) in [6.07, 6.45) is 1.85. The van der Waals surface area contributed by atoms with Crippen LogP contribution in [0.15, 0.2) is 35.6 Å². The molecule has 0 aliphatic carbocycles. The number of rotatable bonds is 4. The third-order valence-corrected chi connectivity index (χ3v) is 3.60. The Balaban J connectivity index is 1.69. The molecule has 0 spiro atoms. The Bertz CT molecular complexity index is 706. The van der Waals surface area contributed by atoms with E-state index in [9.17, 15) is 0 Å². The molecular weight excluding hydrogens is 298 g/mol. The average Bonchev–Trinajstić information content (AvgIpc) is 3.06. The largest absolute Gasteiger partial charge is 0.368 e. The zero-order valence-electron chi connectivity index (χ0n) is 10.2. The van der Waals surface area contributed by atoms with Crippen LogP contribution >= 0.6 is 23.4 Å². The van der Waals surface area contributed by atoms with Crippen LogP contribution in [0.3, 0.4) is 0 Å². The zero-order valence-corrected chi connectivity index (χ0v) is 11.8. The molecule has 3 rings (SSSR count). The Morgan fingerprint density at radius 3 is 2.80 bits per heavy atom. The first-order chi connectivity index (χ1) is 9.70. The van der Waals surface area contributed by atoms with Crippen molar-refractivity contribution in [1.82, 2.24) is 30.2 Å². The maximum Gasteiger partial charge on any atom is 0.216 e. The Morgan fingerprint density at radius 2 is 2.10 bits per heavy atom. The molecule has 0 radical (unpaired) electrons. The van der Waals surface area contributed by atoms with Crippen molar-refractivity contribution in [3.63, 3.8) is 0 Å². The van der Waals surface area contributed by atoms with E-state index in [0.717, 1.165) is 11.4 Å². The van der Waals surface area contributed by atoms with Crippen molar-refractivity contribution in [3.8, 4) is 5.69 Å². The average molecular weight is 308 g/mol. The number of aromatic amines is 1. The third kappa shape index (κ3) is 2.91. The molecule has 9 heteroatoms. The van der Waals surface area contributed by atoms with Crippen molar-refractivity contribution in [2.45, 2.75) is 10.9 Å². The molecule has 102 valence electrons. The van der Waals surface area contributed by atoms with Crippen molar-refractivity contribution in [2.24, 2.45) is 0 Å². The van der Waals surface area contributed by atoms with Crippen LogP contribution in [0.5, 0.6) is 0 Å². The molecule has 3 N–H and O–H groups in total. The third-order valence-electron chi connectivity index (χ3n) is 2.46. The second kappa shape index (κ2) is 5.51. The first-order valence-corrected chi connectivity index (χ1v) is 7.05. The van der Waals surface area contributed by atoms with Crippen molar-refractivity contribution >= 4 is 29.3 Å². The predicted molar refractivity (Wildman–Crippen MR) is 76.7 cm³/mol. The molecule has 3 aromatic rings. The Labute approximate surface area is 123 Å². The van der Waals surface area contributed by atoms with Gasteiger partial charge >= 0.3 is 0 Å². The zero-order chi connectivity index (χ0) is 13.9. The van der Waals surface area contributed by atoms with Gasteiger partial charge in [-0.1, -0.05) is 28.6 Å². The highest BCUT2D eigenvalue weighted by atomic mass is 35.5. The Kier molecular flexibility index (Phi) is 3.57. The van der Waals surface area contributed by atoms with E-state index in [4.69, 9.17) is 17.3 Å². The summed E-state index contributed by atoms with van der Waals surface area (Å²) in [5.41, 5.74) is 7.18. The molecule has 0 atom stereocenters. The van der Waals surface area contributed by atoms with Gasteiger partial charge in [0.05, 0.1) is 17.6 Å². The lowest BCUT2D eigenvalue weighted by atomic mass is 10.3. The number of thioether (sulfide) groups is 1. The highest BCUT2D eigenvalue weighted by molar-refractivity contribution is 7.98. The summed E-state index contributed by atoms with van der Waals surface area (Å²) in [5.74, 6) is 0.919. The lowest BCUT2D eigenvalue weighted by Crippen LogP contribution is -1.93. The van der Waals surface area contributed by atoms with Crippen molar-refractivity contribution in [1.29, 1.82) is 0 Å². The summed E-state index contributed by atoms with van der Waals surface area (Å²) in [6, 6.07) is 7.38. The topological polar surface area (TPSA) is 98.3 Å². The molecule has 0 saturated carbocycles. The minimum atomic E-state index is 0.303. The number of hydrogen-bond donors (Lipinski definition) is 2. The van der Waals surface area contributed by atoms with Crippen LogP contribution in [-0.4, -0.2) is 30.2 Å². The Hall–Kier alpha value is -2.06. The van der Waals surface area contributed by atoms with E-state index in [1.165, 1.54) is 11.8 Å². The molecule has 2 aromatic heterocycles. The number of aromatic nitrogens is 6. The fraction of sp³-hybridized carbons (Fsp3) is 0.0909. The highest BCUT2D eigenvalue weighted by Crippen LogP contribution is 2.19. The van der Waals surface area contributed by atoms with Gasteiger partial charge in [-0.15, -0.1) is 10.2 Å². The number of nitrogen functional groups attached to an aromatic ring is 1. The summed E-state index contributed by atoms with van der Waals surface area (Å²) < 4.78 is 1.69. The van der Waals surface area contributed by atoms with Gasteiger partial charge in [-0.05, 0) is 24.3 Å². The second-order valence-corrected chi connectivity index (χ2v) is 5.30. The minimum Gasteiger partial charge on any atom is -0.368 e. The molecule has 0 amide bonds. The van der Waals surface area contributed by atoms with Crippen LogP contribution < -0.4 is 5.73 Å². The molecule has 0 aliphatic rings. The van der Waals surface area contributed by atoms with Gasteiger partial charge in [0.25, 0.3) is 0 Å². The van der Waals surface area contributed by atoms with Crippen molar-refractivity contribution < 1.29 is 0 Å². The number of nitrogens with zero attached hydrogens (tertiary/aromatic N) is 5. The molecule has 0 fully saturated rings. The van der Waals surface area contributed by atoms with Gasteiger partial charge in [0.2, 0.25) is 11.1 Å². The van der Waals surface area contributed by atoms with E-state index in [1.54, 1.807) is 4.68 Å². The number of hydrogen-bond acceptors (Lipinski definition) is 6. The summed E-state index contributed by atoms with van der Waals surface area (Å²) in [4.78, 5) is 4.00. The molecule has 0 bridgehead atoms. The normalized spacial score (nSPS) is 10.8. The number of halogens is 1. The number of H-pyrrole nitrogens is 1. The van der Waals surface area contributed by atoms with E-state index in [-0.39, 0.29) is 0 Å². The van der Waals surface area contributed by atoms with Crippen molar-refractivity contribution in [3.05, 3.63) is 41.2 Å². The molecule has 0 unspecified atom stereocenters. The fourth-order valence-electron chi connectivity index (χ4n) is 1.55. The summed E-state index contributed by atoms with van der Waals surface area (Å²) >= 11 is 7.28. The van der Waals surface area contributed by atoms with E-state index in [1.807, 2.05) is 30.5 Å². The van der Waals surface area contributed by atoms with Gasteiger partial charge in [-0.25, -0.2) is 9.78 Å². The van der Waals surface area contributed by atoms with Gasteiger partial charge in [0, 0.05) is 10.8 Å². The van der Waals surface area contributed by atoms with E-state index >= 15 is 0 Å². The second-order valence-electron chi connectivity index (χ2n) is 3.92. The lowest BCUT2D eigenvalue weighted by Gasteiger charge is -1.98. The maximum atomic E-state index is 5.85. The van der Waals surface area contributed by atoms with Gasteiger partial charge in [-0.3, -0.25) is 0 Å². The molecule has 2 heterocycles. The van der Waals surface area contributed by atoms with Crippen LogP contribution in [0, 0.1) is 0 Å². The summed E-state index contributed by atoms with van der Waals surface area (Å²) in [5, 5.41) is 16.0. The van der Waals surface area contributed by atoms with Gasteiger partial charge < -0.3 is 5.73 Å². The van der Waals surface area contributed by atoms with Crippen LogP contribution in [0.25, 0.3) is 5.69 Å². The number of nitrogens with two attached hydrogens (primary N) is 1. The molecule has 7 nitrogen and oxygen atoms in total.